The molecule has 6 saturated carbocycles. The number of hydrogen-bond donors (Lipinski definition) is 2. The first-order valence-electron chi connectivity index (χ1n) is 23.1. The maximum absolute atomic E-state index is 14.6. The van der Waals surface area contributed by atoms with Gasteiger partial charge >= 0.3 is 59.7 Å². The SMILES string of the molecule is CCOC(C)OC(=O)C1CC2CC1C(C1C(=O)OC(=O)C1C1C3CC(C(=O)OCCO)C(C3)C1C1C(=O)OC(=O)C1C1C3CC(C(C(=O)O)C3C(=O)OC)C1C1C(=O)OC(=O)C1C)C2C. The summed E-state index contributed by atoms with van der Waals surface area (Å²) in [6, 6.07) is 0. The zero-order chi connectivity index (χ0) is 46.7. The minimum atomic E-state index is -1.46. The first kappa shape index (κ1) is 45.4. The van der Waals surface area contributed by atoms with E-state index in [0.717, 1.165) is 7.11 Å². The highest BCUT2D eigenvalue weighted by Gasteiger charge is 2.75. The molecule has 0 aromatic carbocycles. The van der Waals surface area contributed by atoms with E-state index in [0.29, 0.717) is 19.4 Å². The Morgan fingerprint density at radius 2 is 1.11 bits per heavy atom. The van der Waals surface area contributed by atoms with Crippen molar-refractivity contribution in [3.63, 3.8) is 0 Å². The number of carbonyl (C=O) groups excluding carboxylic acids is 9. The highest BCUT2D eigenvalue weighted by Crippen LogP contribution is 2.70. The summed E-state index contributed by atoms with van der Waals surface area (Å²) < 4.78 is 37.7. The van der Waals surface area contributed by atoms with Crippen molar-refractivity contribution in [3.8, 4) is 0 Å². The number of aliphatic hydroxyl groups is 1. The summed E-state index contributed by atoms with van der Waals surface area (Å²) in [5.41, 5.74) is 0. The predicted octanol–water partition coefficient (Wildman–Crippen LogP) is 1.58. The van der Waals surface area contributed by atoms with Gasteiger partial charge in [0.15, 0.2) is 6.29 Å². The van der Waals surface area contributed by atoms with Crippen molar-refractivity contribution in [3.05, 3.63) is 0 Å². The van der Waals surface area contributed by atoms with Gasteiger partial charge in [-0.2, -0.15) is 0 Å². The van der Waals surface area contributed by atoms with Crippen LogP contribution in [0.2, 0.25) is 0 Å². The van der Waals surface area contributed by atoms with Crippen molar-refractivity contribution < 1.29 is 91.3 Å². The fourth-order valence-electron chi connectivity index (χ4n) is 16.1. The zero-order valence-electron chi connectivity index (χ0n) is 36.8. The van der Waals surface area contributed by atoms with Gasteiger partial charge in [0.05, 0.1) is 72.9 Å². The highest BCUT2D eigenvalue weighted by molar-refractivity contribution is 6.00. The minimum absolute atomic E-state index is 0.0195. The summed E-state index contributed by atoms with van der Waals surface area (Å²) in [6.45, 7) is 6.38. The summed E-state index contributed by atoms with van der Waals surface area (Å²) in [4.78, 5) is 138. The Morgan fingerprint density at radius 1 is 0.615 bits per heavy atom. The Bertz CT molecular complexity index is 2080. The maximum Gasteiger partial charge on any atom is 0.317 e. The van der Waals surface area contributed by atoms with Crippen molar-refractivity contribution in [2.75, 3.05) is 26.9 Å². The van der Waals surface area contributed by atoms with Gasteiger partial charge in [0, 0.05) is 6.61 Å². The number of aliphatic hydroxyl groups excluding tert-OH is 1. The van der Waals surface area contributed by atoms with E-state index in [-0.39, 0.29) is 43.6 Å². The molecule has 0 amide bonds. The fraction of sp³-hybridized carbons (Fsp3) is 0.783. The molecule has 0 aromatic heterocycles. The van der Waals surface area contributed by atoms with E-state index in [1.807, 2.05) is 6.92 Å². The van der Waals surface area contributed by atoms with Crippen LogP contribution in [0.3, 0.4) is 0 Å². The third-order valence-electron chi connectivity index (χ3n) is 18.0. The molecule has 3 aliphatic heterocycles. The number of methoxy groups -OCH3 is 1. The molecule has 2 N–H and O–H groups in total. The van der Waals surface area contributed by atoms with Gasteiger partial charge in [0.1, 0.15) is 6.61 Å². The van der Waals surface area contributed by atoms with Gasteiger partial charge in [-0.15, -0.1) is 0 Å². The van der Waals surface area contributed by atoms with Crippen molar-refractivity contribution in [1.82, 2.24) is 0 Å². The molecule has 3 heterocycles. The van der Waals surface area contributed by atoms with Crippen molar-refractivity contribution in [2.45, 2.75) is 66.1 Å². The number of aliphatic carboxylic acids is 1. The van der Waals surface area contributed by atoms with Crippen LogP contribution < -0.4 is 0 Å². The van der Waals surface area contributed by atoms with Crippen LogP contribution in [0.15, 0.2) is 0 Å². The number of hydrogen-bond acceptors (Lipinski definition) is 18. The Labute approximate surface area is 373 Å². The molecule has 6 bridgehead atoms. The molecular formula is C46H56O19. The standard InChI is InChI=1S/C46H56O19/c1-6-60-16(4)62-40(52)22-10-17-9-19(22)25(14(17)2)33-34(44(56)64-43(33)55)27-18-11-20(21(12-18)39(51)61-8-7-47)28(27)35-36(46(58)65-45(35)57)30-24-13-23(31(37(48)49)32(24)41(53)59-5)29(30)26-15(3)38(50)63-42(26)54/h14-36,47H,6-13H2,1-5H3,(H,48,49). The lowest BCUT2D eigenvalue weighted by atomic mass is 9.53. The molecule has 9 rings (SSSR count). The smallest absolute Gasteiger partial charge is 0.317 e. The molecule has 23 unspecified atom stereocenters. The maximum atomic E-state index is 14.6. The molecule has 23 atom stereocenters. The molecule has 3 saturated heterocycles. The van der Waals surface area contributed by atoms with Crippen LogP contribution in [0.1, 0.15) is 59.8 Å². The lowest BCUT2D eigenvalue weighted by Gasteiger charge is -2.46. The van der Waals surface area contributed by atoms with Gasteiger partial charge in [-0.1, -0.05) is 13.8 Å². The number of ether oxygens (including phenoxy) is 7. The molecular weight excluding hydrogens is 856 g/mol. The molecule has 6 aliphatic carbocycles. The lowest BCUT2D eigenvalue weighted by Crippen LogP contribution is -2.53. The molecule has 0 radical (unpaired) electrons. The summed E-state index contributed by atoms with van der Waals surface area (Å²) in [6.07, 6.45) is 0.791. The number of carboxylic acids is 1. The molecule has 0 aromatic rings. The Morgan fingerprint density at radius 3 is 1.66 bits per heavy atom. The Hall–Kier alpha value is -4.78. The van der Waals surface area contributed by atoms with Crippen molar-refractivity contribution >= 4 is 59.7 Å². The summed E-state index contributed by atoms with van der Waals surface area (Å²) in [5.74, 6) is -28.5. The average molecular weight is 913 g/mol. The quantitative estimate of drug-likeness (QED) is 0.108. The van der Waals surface area contributed by atoms with Crippen LogP contribution in [-0.2, 0) is 81.1 Å². The van der Waals surface area contributed by atoms with E-state index in [4.69, 9.17) is 33.2 Å². The number of cyclic esters (lactones) is 6. The molecule has 9 fully saturated rings. The molecule has 65 heavy (non-hydrogen) atoms. The monoisotopic (exact) mass is 912 g/mol. The van der Waals surface area contributed by atoms with Crippen LogP contribution in [0.5, 0.6) is 0 Å². The Balaban J connectivity index is 1.14. The normalized spacial score (nSPS) is 46.1. The van der Waals surface area contributed by atoms with Crippen LogP contribution >= 0.6 is 0 Å². The van der Waals surface area contributed by atoms with E-state index < -0.39 is 185 Å². The first-order chi connectivity index (χ1) is 30.9. The van der Waals surface area contributed by atoms with Gasteiger partial charge in [0.25, 0.3) is 0 Å². The van der Waals surface area contributed by atoms with E-state index in [1.165, 1.54) is 6.92 Å². The van der Waals surface area contributed by atoms with Crippen LogP contribution in [0.4, 0.5) is 0 Å². The van der Waals surface area contributed by atoms with Gasteiger partial charge in [0.2, 0.25) is 0 Å². The first-order valence-corrected chi connectivity index (χ1v) is 23.1. The Kier molecular flexibility index (Phi) is 11.7. The summed E-state index contributed by atoms with van der Waals surface area (Å²) in [7, 11) is 1.10. The lowest BCUT2D eigenvalue weighted by molar-refractivity contribution is -0.182. The fourth-order valence-corrected chi connectivity index (χ4v) is 16.1. The molecule has 0 spiro atoms. The van der Waals surface area contributed by atoms with E-state index in [9.17, 15) is 58.2 Å². The number of esters is 9. The number of fused-ring (bicyclic) bond motifs is 6. The van der Waals surface area contributed by atoms with Crippen molar-refractivity contribution in [2.24, 2.45) is 130 Å². The number of rotatable bonds is 14. The van der Waals surface area contributed by atoms with Crippen LogP contribution in [0, 0.1) is 130 Å². The number of carbonyl (C=O) groups is 10. The largest absolute Gasteiger partial charge is 0.481 e. The minimum Gasteiger partial charge on any atom is -0.481 e. The molecule has 19 heteroatoms. The third kappa shape index (κ3) is 6.85. The second-order valence-corrected chi connectivity index (χ2v) is 20.2. The van der Waals surface area contributed by atoms with E-state index >= 15 is 0 Å². The van der Waals surface area contributed by atoms with Gasteiger partial charge < -0.3 is 43.4 Å². The summed E-state index contributed by atoms with van der Waals surface area (Å²) >= 11 is 0. The third-order valence-corrected chi connectivity index (χ3v) is 18.0. The van der Waals surface area contributed by atoms with E-state index in [1.54, 1.807) is 13.8 Å². The average Bonchev–Trinajstić information content (AvgIpc) is 4.14. The van der Waals surface area contributed by atoms with Gasteiger partial charge in [-0.05, 0) is 117 Å². The van der Waals surface area contributed by atoms with Crippen molar-refractivity contribution in [1.29, 1.82) is 0 Å². The predicted molar refractivity (Wildman–Crippen MR) is 209 cm³/mol. The summed E-state index contributed by atoms with van der Waals surface area (Å²) in [5, 5.41) is 20.1. The highest BCUT2D eigenvalue weighted by atomic mass is 16.7. The molecule has 19 nitrogen and oxygen atoms in total. The molecule has 354 valence electrons. The topological polar surface area (TPSA) is 276 Å². The second-order valence-electron chi connectivity index (χ2n) is 20.2. The number of carboxylic acid groups (broad SMARTS) is 1. The van der Waals surface area contributed by atoms with Gasteiger partial charge in [-0.25, -0.2) is 0 Å². The second kappa shape index (κ2) is 16.8. The zero-order valence-corrected chi connectivity index (χ0v) is 36.8. The van der Waals surface area contributed by atoms with Crippen LogP contribution in [0.25, 0.3) is 0 Å². The molecule has 9 aliphatic rings. The van der Waals surface area contributed by atoms with Crippen LogP contribution in [-0.4, -0.2) is 103 Å². The van der Waals surface area contributed by atoms with E-state index in [2.05, 4.69) is 0 Å². The van der Waals surface area contributed by atoms with Gasteiger partial charge in [-0.3, -0.25) is 47.9 Å².